The fraction of sp³-hybridized carbons (Fsp3) is 0.636. The van der Waals surface area contributed by atoms with Gasteiger partial charge in [0.1, 0.15) is 16.1 Å². The van der Waals surface area contributed by atoms with Crippen molar-refractivity contribution in [3.05, 3.63) is 11.8 Å². The first-order valence-corrected chi connectivity index (χ1v) is 6.61. The Labute approximate surface area is 112 Å². The number of hydrogen-bond donors (Lipinski definition) is 0. The molecule has 1 aromatic heterocycles. The van der Waals surface area contributed by atoms with Crippen LogP contribution in [0.15, 0.2) is 11.1 Å². The molecule has 1 atom stereocenters. The van der Waals surface area contributed by atoms with E-state index in [0.29, 0.717) is 25.0 Å². The molecule has 1 aliphatic rings. The zero-order valence-corrected chi connectivity index (χ0v) is 10.8. The summed E-state index contributed by atoms with van der Waals surface area (Å²) in [5.74, 6) is 0.0367. The third-order valence-corrected chi connectivity index (χ3v) is 3.38. The number of halogens is 3. The highest BCUT2D eigenvalue weighted by Gasteiger charge is 2.36. The van der Waals surface area contributed by atoms with E-state index >= 15 is 0 Å². The summed E-state index contributed by atoms with van der Waals surface area (Å²) < 4.78 is 44.8. The van der Waals surface area contributed by atoms with Crippen molar-refractivity contribution in [3.63, 3.8) is 0 Å². The van der Waals surface area contributed by atoms with E-state index in [4.69, 9.17) is 10.00 Å². The molecule has 0 amide bonds. The zero-order chi connectivity index (χ0) is 13.9. The molecule has 0 spiro atoms. The summed E-state index contributed by atoms with van der Waals surface area (Å²) in [6, 6.07) is 0.914. The molecule has 1 aliphatic heterocycles. The average molecular weight is 291 g/mol. The van der Waals surface area contributed by atoms with Crippen molar-refractivity contribution in [1.29, 1.82) is 5.26 Å². The van der Waals surface area contributed by atoms with Gasteiger partial charge in [0.2, 0.25) is 0 Å². The van der Waals surface area contributed by atoms with Crippen LogP contribution >= 0.6 is 11.8 Å². The van der Waals surface area contributed by atoms with Crippen LogP contribution in [0.2, 0.25) is 0 Å². The first kappa shape index (κ1) is 14.2. The number of hydrogen-bond acceptors (Lipinski definition) is 4. The molecule has 0 aliphatic carbocycles. The minimum atomic E-state index is -4.46. The van der Waals surface area contributed by atoms with Gasteiger partial charge in [0.15, 0.2) is 0 Å². The fourth-order valence-corrected chi connectivity index (χ4v) is 2.46. The summed E-state index contributed by atoms with van der Waals surface area (Å²) in [5, 5.41) is 14.2. The van der Waals surface area contributed by atoms with Crippen molar-refractivity contribution in [3.8, 4) is 5.40 Å². The number of nitriles is 1. The topological polar surface area (TPSA) is 50.8 Å². The van der Waals surface area contributed by atoms with Crippen molar-refractivity contribution in [2.45, 2.75) is 30.6 Å². The summed E-state index contributed by atoms with van der Waals surface area (Å²) in [6.07, 6.45) is -2.78. The van der Waals surface area contributed by atoms with Gasteiger partial charge >= 0.3 is 6.18 Å². The molecule has 0 saturated carbocycles. The predicted molar refractivity (Wildman–Crippen MR) is 62.2 cm³/mol. The predicted octanol–water partition coefficient (Wildman–Crippen LogP) is 2.90. The molecule has 1 unspecified atom stereocenters. The lowest BCUT2D eigenvalue weighted by Gasteiger charge is -2.23. The van der Waals surface area contributed by atoms with Crippen LogP contribution in [0.25, 0.3) is 0 Å². The lowest BCUT2D eigenvalue weighted by molar-refractivity contribution is -0.144. The number of rotatable bonds is 3. The van der Waals surface area contributed by atoms with Crippen molar-refractivity contribution < 1.29 is 17.9 Å². The van der Waals surface area contributed by atoms with Gasteiger partial charge in [0.25, 0.3) is 0 Å². The highest BCUT2D eigenvalue weighted by Crippen LogP contribution is 2.32. The molecule has 2 rings (SSSR count). The van der Waals surface area contributed by atoms with Gasteiger partial charge in [0, 0.05) is 36.9 Å². The van der Waals surface area contributed by atoms with E-state index in [2.05, 4.69) is 5.10 Å². The monoisotopic (exact) mass is 291 g/mol. The summed E-state index contributed by atoms with van der Waals surface area (Å²) in [4.78, 5) is 0. The van der Waals surface area contributed by atoms with Gasteiger partial charge in [-0.3, -0.25) is 4.68 Å². The summed E-state index contributed by atoms with van der Waals surface area (Å²) in [7, 11) is 0. The average Bonchev–Trinajstić information content (AvgIpc) is 2.74. The van der Waals surface area contributed by atoms with E-state index in [9.17, 15) is 13.2 Å². The number of nitrogens with zero attached hydrogens (tertiary/aromatic N) is 3. The van der Waals surface area contributed by atoms with E-state index in [1.54, 1.807) is 5.40 Å². The molecular weight excluding hydrogens is 279 g/mol. The molecule has 0 N–H and O–H groups in total. The first-order chi connectivity index (χ1) is 9.00. The normalized spacial score (nSPS) is 20.2. The lowest BCUT2D eigenvalue weighted by atomic mass is 10.0. The summed E-state index contributed by atoms with van der Waals surface area (Å²) in [6.45, 7) is 1.29. The number of thiocyanates is 1. The van der Waals surface area contributed by atoms with Crippen LogP contribution in [0, 0.1) is 16.6 Å². The van der Waals surface area contributed by atoms with Gasteiger partial charge in [-0.05, 0) is 12.8 Å². The van der Waals surface area contributed by atoms with Crippen LogP contribution < -0.4 is 0 Å². The lowest BCUT2D eigenvalue weighted by Crippen LogP contribution is -2.25. The molecule has 19 heavy (non-hydrogen) atoms. The molecule has 0 aromatic carbocycles. The highest BCUT2D eigenvalue weighted by molar-refractivity contribution is 8.03. The largest absolute Gasteiger partial charge is 0.433 e. The quantitative estimate of drug-likeness (QED) is 0.634. The molecule has 2 heterocycles. The molecule has 1 aromatic rings. The van der Waals surface area contributed by atoms with Gasteiger partial charge in [-0.15, -0.1) is 0 Å². The first-order valence-electron chi connectivity index (χ1n) is 5.79. The number of alkyl halides is 3. The second kappa shape index (κ2) is 5.84. The summed E-state index contributed by atoms with van der Waals surface area (Å²) in [5.41, 5.74) is -0.809. The van der Waals surface area contributed by atoms with Crippen LogP contribution in [0.5, 0.6) is 0 Å². The minimum Gasteiger partial charge on any atom is -0.381 e. The van der Waals surface area contributed by atoms with Gasteiger partial charge in [-0.25, -0.2) is 0 Å². The van der Waals surface area contributed by atoms with E-state index in [-0.39, 0.29) is 17.5 Å². The van der Waals surface area contributed by atoms with Crippen LogP contribution in [0.4, 0.5) is 13.2 Å². The van der Waals surface area contributed by atoms with E-state index in [0.717, 1.165) is 23.6 Å². The number of aromatic nitrogens is 2. The standard InChI is InChI=1S/C11H12F3N3OS/c12-11(13,14)9-4-10(19-7-15)16-17(9)5-8-2-1-3-18-6-8/h4,8H,1-3,5-6H2. The Kier molecular flexibility index (Phi) is 4.37. The maximum atomic E-state index is 12.9. The van der Waals surface area contributed by atoms with E-state index < -0.39 is 11.9 Å². The Hall–Kier alpha value is -1.20. The highest BCUT2D eigenvalue weighted by atomic mass is 32.2. The van der Waals surface area contributed by atoms with Gasteiger partial charge < -0.3 is 4.74 Å². The summed E-state index contributed by atoms with van der Waals surface area (Å²) >= 11 is 0.631. The maximum absolute atomic E-state index is 12.9. The van der Waals surface area contributed by atoms with E-state index in [1.165, 1.54) is 0 Å². The van der Waals surface area contributed by atoms with Gasteiger partial charge in [0.05, 0.1) is 6.61 Å². The molecule has 1 fully saturated rings. The van der Waals surface area contributed by atoms with E-state index in [1.807, 2.05) is 0 Å². The maximum Gasteiger partial charge on any atom is 0.433 e. The Balaban J connectivity index is 2.19. The Bertz CT molecular complexity index is 475. The van der Waals surface area contributed by atoms with Crippen molar-refractivity contribution >= 4 is 11.8 Å². The number of thioether (sulfide) groups is 1. The molecule has 4 nitrogen and oxygen atoms in total. The minimum absolute atomic E-state index is 0.0367. The Morgan fingerprint density at radius 1 is 1.58 bits per heavy atom. The third kappa shape index (κ3) is 3.64. The van der Waals surface area contributed by atoms with Crippen molar-refractivity contribution in [2.75, 3.05) is 13.2 Å². The van der Waals surface area contributed by atoms with Crippen LogP contribution in [-0.4, -0.2) is 23.0 Å². The van der Waals surface area contributed by atoms with Crippen molar-refractivity contribution in [1.82, 2.24) is 9.78 Å². The fourth-order valence-electron chi connectivity index (χ4n) is 2.05. The van der Waals surface area contributed by atoms with Crippen molar-refractivity contribution in [2.24, 2.45) is 5.92 Å². The van der Waals surface area contributed by atoms with Crippen LogP contribution in [-0.2, 0) is 17.5 Å². The third-order valence-electron chi connectivity index (χ3n) is 2.88. The van der Waals surface area contributed by atoms with Crippen LogP contribution in [0.1, 0.15) is 18.5 Å². The molecule has 104 valence electrons. The molecular formula is C11H12F3N3OS. The molecule has 0 bridgehead atoms. The SMILES string of the molecule is N#CSc1cc(C(F)(F)F)n(CC2CCCOC2)n1. The Morgan fingerprint density at radius 3 is 2.95 bits per heavy atom. The van der Waals surface area contributed by atoms with Gasteiger partial charge in [-0.2, -0.15) is 23.5 Å². The second-order valence-corrected chi connectivity index (χ2v) is 5.13. The molecule has 8 heteroatoms. The molecule has 1 saturated heterocycles. The zero-order valence-electron chi connectivity index (χ0n) is 9.98. The smallest absolute Gasteiger partial charge is 0.381 e. The Morgan fingerprint density at radius 2 is 2.37 bits per heavy atom. The van der Waals surface area contributed by atoms with Crippen LogP contribution in [0.3, 0.4) is 0 Å². The second-order valence-electron chi connectivity index (χ2n) is 4.32. The van der Waals surface area contributed by atoms with Gasteiger partial charge in [-0.1, -0.05) is 0 Å². The molecule has 0 radical (unpaired) electrons. The number of ether oxygens (including phenoxy) is 1.